The number of methoxy groups -OCH3 is 1. The fraction of sp³-hybridized carbons (Fsp3) is 0.500. The molecule has 1 heterocycles. The quantitative estimate of drug-likeness (QED) is 0.648. The summed E-state index contributed by atoms with van der Waals surface area (Å²) >= 11 is 0. The number of carbonyl (C=O) groups is 1. The molecule has 0 aromatic heterocycles. The molecule has 0 radical (unpaired) electrons. The van der Waals surface area contributed by atoms with Crippen LogP contribution < -0.4 is 10.5 Å². The van der Waals surface area contributed by atoms with E-state index in [2.05, 4.69) is 4.90 Å². The molecule has 0 spiro atoms. The number of nitrogens with two attached hydrogens (primary N) is 1. The number of likely N-dealkylation sites (N-methyl/N-ethyl adjacent to an activating group) is 1. The van der Waals surface area contributed by atoms with Gasteiger partial charge < -0.3 is 24.8 Å². The molecule has 0 saturated carbocycles. The average molecular weight is 280 g/mol. The first-order valence-electron chi connectivity index (χ1n) is 6.50. The molecule has 0 aliphatic carbocycles. The number of morpholine rings is 1. The Bertz CT molecular complexity index is 478. The van der Waals surface area contributed by atoms with E-state index >= 15 is 0 Å². The molecule has 2 rings (SSSR count). The first-order valence-corrected chi connectivity index (χ1v) is 6.50. The van der Waals surface area contributed by atoms with Gasteiger partial charge in [0.05, 0.1) is 19.3 Å². The maximum absolute atomic E-state index is 12.0. The lowest BCUT2D eigenvalue weighted by molar-refractivity contribution is -0.0528. The summed E-state index contributed by atoms with van der Waals surface area (Å²) in [5.74, 6) is 0.109. The van der Waals surface area contributed by atoms with Crippen LogP contribution in [-0.4, -0.2) is 57.4 Å². The van der Waals surface area contributed by atoms with Crippen LogP contribution in [0.3, 0.4) is 0 Å². The summed E-state index contributed by atoms with van der Waals surface area (Å²) in [6.07, 6.45) is -0.0827. The van der Waals surface area contributed by atoms with Crippen molar-refractivity contribution in [2.75, 3.05) is 46.2 Å². The first kappa shape index (κ1) is 14.6. The number of nitrogens with zero attached hydrogens (tertiary/aromatic N) is 1. The van der Waals surface area contributed by atoms with Crippen LogP contribution in [0, 0.1) is 0 Å². The van der Waals surface area contributed by atoms with Crippen molar-refractivity contribution in [1.29, 1.82) is 0 Å². The van der Waals surface area contributed by atoms with E-state index in [1.54, 1.807) is 18.2 Å². The van der Waals surface area contributed by atoms with Crippen LogP contribution in [0.2, 0.25) is 0 Å². The number of hydrogen-bond acceptors (Lipinski definition) is 6. The zero-order valence-corrected chi connectivity index (χ0v) is 11.8. The predicted molar refractivity (Wildman–Crippen MR) is 74.9 cm³/mol. The van der Waals surface area contributed by atoms with Crippen molar-refractivity contribution in [2.24, 2.45) is 0 Å². The van der Waals surface area contributed by atoms with Crippen molar-refractivity contribution in [3.05, 3.63) is 23.8 Å². The Kier molecular flexibility index (Phi) is 4.81. The van der Waals surface area contributed by atoms with Crippen molar-refractivity contribution >= 4 is 11.7 Å². The number of hydrogen-bond donors (Lipinski definition) is 1. The lowest BCUT2D eigenvalue weighted by Gasteiger charge is -2.29. The number of carbonyl (C=O) groups excluding carboxylic acids is 1. The highest BCUT2D eigenvalue weighted by atomic mass is 16.6. The highest BCUT2D eigenvalue weighted by molar-refractivity contribution is 5.91. The molecule has 0 bridgehead atoms. The monoisotopic (exact) mass is 280 g/mol. The van der Waals surface area contributed by atoms with Crippen LogP contribution in [0.25, 0.3) is 0 Å². The van der Waals surface area contributed by atoms with Gasteiger partial charge in [-0.25, -0.2) is 4.79 Å². The van der Waals surface area contributed by atoms with Crippen molar-refractivity contribution in [2.45, 2.75) is 6.10 Å². The summed E-state index contributed by atoms with van der Waals surface area (Å²) in [4.78, 5) is 14.1. The number of esters is 1. The van der Waals surface area contributed by atoms with E-state index in [1.807, 2.05) is 7.05 Å². The minimum atomic E-state index is -0.424. The molecule has 0 amide bonds. The second-order valence-electron chi connectivity index (χ2n) is 4.85. The molecule has 20 heavy (non-hydrogen) atoms. The number of benzene rings is 1. The van der Waals surface area contributed by atoms with Crippen molar-refractivity contribution in [3.63, 3.8) is 0 Å². The normalized spacial score (nSPS) is 19.6. The van der Waals surface area contributed by atoms with Crippen LogP contribution in [0.5, 0.6) is 5.75 Å². The molecule has 6 heteroatoms. The van der Waals surface area contributed by atoms with Crippen LogP contribution in [0.4, 0.5) is 5.69 Å². The van der Waals surface area contributed by atoms with Gasteiger partial charge in [0, 0.05) is 24.8 Å². The fourth-order valence-corrected chi connectivity index (χ4v) is 2.08. The molecule has 1 unspecified atom stereocenters. The lowest BCUT2D eigenvalue weighted by Crippen LogP contribution is -2.42. The summed E-state index contributed by atoms with van der Waals surface area (Å²) in [5.41, 5.74) is 6.55. The van der Waals surface area contributed by atoms with E-state index in [4.69, 9.17) is 19.9 Å². The highest BCUT2D eigenvalue weighted by Gasteiger charge is 2.20. The minimum absolute atomic E-state index is 0.0827. The number of nitrogen functional groups attached to an aromatic ring is 1. The van der Waals surface area contributed by atoms with Crippen LogP contribution in [0.15, 0.2) is 18.2 Å². The molecule has 2 N–H and O–H groups in total. The SMILES string of the molecule is COc1cc(N)cc(C(=O)OCC2CN(C)CCO2)c1. The van der Waals surface area contributed by atoms with Crippen LogP contribution >= 0.6 is 0 Å². The third-order valence-electron chi connectivity index (χ3n) is 3.14. The number of rotatable bonds is 4. The predicted octanol–water partition coefficient (Wildman–Crippen LogP) is 0.765. The topological polar surface area (TPSA) is 74.0 Å². The van der Waals surface area contributed by atoms with Gasteiger partial charge in [-0.05, 0) is 19.2 Å². The van der Waals surface area contributed by atoms with E-state index in [0.717, 1.165) is 13.1 Å². The summed E-state index contributed by atoms with van der Waals surface area (Å²) < 4.78 is 15.9. The summed E-state index contributed by atoms with van der Waals surface area (Å²) in [6, 6.07) is 4.82. The van der Waals surface area contributed by atoms with Gasteiger partial charge >= 0.3 is 5.97 Å². The van der Waals surface area contributed by atoms with E-state index < -0.39 is 5.97 Å². The minimum Gasteiger partial charge on any atom is -0.497 e. The smallest absolute Gasteiger partial charge is 0.338 e. The van der Waals surface area contributed by atoms with Gasteiger partial charge in [-0.15, -0.1) is 0 Å². The first-order chi connectivity index (χ1) is 9.58. The standard InChI is InChI=1S/C14H20N2O4/c1-16-3-4-19-13(8-16)9-20-14(17)10-5-11(15)7-12(6-10)18-2/h5-7,13H,3-4,8-9,15H2,1-2H3. The summed E-state index contributed by atoms with van der Waals surface area (Å²) in [6.45, 7) is 2.55. The summed E-state index contributed by atoms with van der Waals surface area (Å²) in [7, 11) is 3.54. The molecule has 1 atom stereocenters. The highest BCUT2D eigenvalue weighted by Crippen LogP contribution is 2.19. The molecule has 6 nitrogen and oxygen atoms in total. The van der Waals surface area contributed by atoms with E-state index in [0.29, 0.717) is 23.6 Å². The zero-order valence-electron chi connectivity index (χ0n) is 11.8. The van der Waals surface area contributed by atoms with Gasteiger partial charge in [0.15, 0.2) is 0 Å². The Hall–Kier alpha value is -1.79. The maximum atomic E-state index is 12.0. The molecule has 1 aliphatic heterocycles. The fourth-order valence-electron chi connectivity index (χ4n) is 2.08. The maximum Gasteiger partial charge on any atom is 0.338 e. The van der Waals surface area contributed by atoms with Crippen molar-refractivity contribution in [3.8, 4) is 5.75 Å². The van der Waals surface area contributed by atoms with Gasteiger partial charge in [-0.2, -0.15) is 0 Å². The van der Waals surface area contributed by atoms with Gasteiger partial charge in [-0.1, -0.05) is 0 Å². The van der Waals surface area contributed by atoms with Crippen molar-refractivity contribution < 1.29 is 19.0 Å². The van der Waals surface area contributed by atoms with Crippen LogP contribution in [0.1, 0.15) is 10.4 Å². The largest absolute Gasteiger partial charge is 0.497 e. The second kappa shape index (κ2) is 6.58. The molecule has 1 aromatic carbocycles. The zero-order chi connectivity index (χ0) is 14.5. The van der Waals surface area contributed by atoms with Gasteiger partial charge in [0.2, 0.25) is 0 Å². The van der Waals surface area contributed by atoms with E-state index in [1.165, 1.54) is 7.11 Å². The number of ether oxygens (including phenoxy) is 3. The number of anilines is 1. The molecule has 1 fully saturated rings. The summed E-state index contributed by atoms with van der Waals surface area (Å²) in [5, 5.41) is 0. The second-order valence-corrected chi connectivity index (χ2v) is 4.85. The molecular formula is C14H20N2O4. The lowest BCUT2D eigenvalue weighted by atomic mass is 10.2. The molecular weight excluding hydrogens is 260 g/mol. The molecule has 110 valence electrons. The third kappa shape index (κ3) is 3.85. The van der Waals surface area contributed by atoms with Crippen LogP contribution in [-0.2, 0) is 9.47 Å². The van der Waals surface area contributed by atoms with E-state index in [-0.39, 0.29) is 12.7 Å². The Morgan fingerprint density at radius 1 is 1.50 bits per heavy atom. The average Bonchev–Trinajstić information content (AvgIpc) is 2.44. The van der Waals surface area contributed by atoms with Gasteiger partial charge in [0.1, 0.15) is 18.5 Å². The van der Waals surface area contributed by atoms with Crippen molar-refractivity contribution in [1.82, 2.24) is 4.90 Å². The molecule has 1 aromatic rings. The Morgan fingerprint density at radius 2 is 2.30 bits per heavy atom. The molecule has 1 aliphatic rings. The third-order valence-corrected chi connectivity index (χ3v) is 3.14. The molecule has 1 saturated heterocycles. The van der Waals surface area contributed by atoms with Gasteiger partial charge in [0.25, 0.3) is 0 Å². The Morgan fingerprint density at radius 3 is 3.00 bits per heavy atom. The Balaban J connectivity index is 1.93. The van der Waals surface area contributed by atoms with E-state index in [9.17, 15) is 4.79 Å². The van der Waals surface area contributed by atoms with Gasteiger partial charge in [-0.3, -0.25) is 0 Å². The Labute approximate surface area is 118 Å².